The van der Waals surface area contributed by atoms with Crippen LogP contribution in [0.25, 0.3) is 10.6 Å². The summed E-state index contributed by atoms with van der Waals surface area (Å²) in [4.78, 5) is 12.5. The fourth-order valence-corrected chi connectivity index (χ4v) is 3.30. The predicted octanol–water partition coefficient (Wildman–Crippen LogP) is 3.20. The minimum absolute atomic E-state index is 0.210. The molecule has 4 rings (SSSR count). The molecular weight excluding hydrogens is 370 g/mol. The van der Waals surface area contributed by atoms with Gasteiger partial charge in [-0.15, -0.1) is 10.2 Å². The number of carbonyl (C=O) groups excluding carboxylic acids is 1. The summed E-state index contributed by atoms with van der Waals surface area (Å²) in [6.07, 6.45) is 0. The molecule has 2 heterocycles. The Hall–Kier alpha value is -3.33. The summed E-state index contributed by atoms with van der Waals surface area (Å²) in [5.74, 6) is 2.08. The average molecular weight is 385 g/mol. The molecule has 8 nitrogen and oxygen atoms in total. The number of carbonyl (C=O) groups is 1. The van der Waals surface area contributed by atoms with Gasteiger partial charge in [0.25, 0.3) is 5.91 Å². The van der Waals surface area contributed by atoms with Gasteiger partial charge in [0, 0.05) is 11.1 Å². The van der Waals surface area contributed by atoms with Gasteiger partial charge in [0.1, 0.15) is 5.01 Å². The number of aromatic nitrogens is 2. The highest BCUT2D eigenvalue weighted by atomic mass is 32.1. The molecule has 3 aromatic rings. The molecule has 0 spiro atoms. The maximum atomic E-state index is 12.5. The molecule has 0 saturated heterocycles. The molecule has 138 valence electrons. The van der Waals surface area contributed by atoms with Gasteiger partial charge in [-0.3, -0.25) is 10.1 Å². The second-order valence-electron chi connectivity index (χ2n) is 5.50. The molecule has 1 aliphatic rings. The number of anilines is 1. The highest BCUT2D eigenvalue weighted by Crippen LogP contribution is 2.37. The fourth-order valence-electron chi connectivity index (χ4n) is 2.57. The molecule has 9 heteroatoms. The van der Waals surface area contributed by atoms with E-state index in [0.717, 1.165) is 5.56 Å². The lowest BCUT2D eigenvalue weighted by Crippen LogP contribution is -2.11. The fraction of sp³-hybridized carbons (Fsp3) is 0.167. The Labute approximate surface area is 158 Å². The van der Waals surface area contributed by atoms with Crippen LogP contribution < -0.4 is 24.3 Å². The molecular formula is C18H15N3O5S. The third-order valence-electron chi connectivity index (χ3n) is 3.91. The van der Waals surface area contributed by atoms with Crippen LogP contribution >= 0.6 is 11.3 Å². The zero-order chi connectivity index (χ0) is 18.8. The van der Waals surface area contributed by atoms with E-state index in [1.165, 1.54) is 25.6 Å². The summed E-state index contributed by atoms with van der Waals surface area (Å²) < 4.78 is 21.1. The molecule has 1 aromatic heterocycles. The molecule has 0 bridgehead atoms. The molecule has 1 N–H and O–H groups in total. The van der Waals surface area contributed by atoms with E-state index < -0.39 is 0 Å². The number of fused-ring (bicyclic) bond motifs is 1. The minimum atomic E-state index is -0.315. The molecule has 0 radical (unpaired) electrons. The van der Waals surface area contributed by atoms with Crippen molar-refractivity contribution < 1.29 is 23.7 Å². The number of nitrogens with one attached hydrogen (secondary N) is 1. The van der Waals surface area contributed by atoms with Gasteiger partial charge >= 0.3 is 0 Å². The van der Waals surface area contributed by atoms with Crippen molar-refractivity contribution in [3.05, 3.63) is 42.0 Å². The van der Waals surface area contributed by atoms with Gasteiger partial charge in [-0.25, -0.2) is 0 Å². The van der Waals surface area contributed by atoms with E-state index in [1.807, 2.05) is 18.2 Å². The van der Waals surface area contributed by atoms with Crippen molar-refractivity contribution in [3.63, 3.8) is 0 Å². The Kier molecular flexibility index (Phi) is 4.51. The van der Waals surface area contributed by atoms with Crippen LogP contribution in [0, 0.1) is 0 Å². The predicted molar refractivity (Wildman–Crippen MR) is 99.0 cm³/mol. The van der Waals surface area contributed by atoms with E-state index in [9.17, 15) is 4.79 Å². The smallest absolute Gasteiger partial charge is 0.257 e. The van der Waals surface area contributed by atoms with E-state index in [1.54, 1.807) is 18.2 Å². The lowest BCUT2D eigenvalue weighted by Gasteiger charge is -2.08. The Morgan fingerprint density at radius 1 is 1.04 bits per heavy atom. The SMILES string of the molecule is COc1ccc(C(=O)Nc2nnc(-c3ccc4c(c3)OCO4)s2)cc1OC. The molecule has 0 fully saturated rings. The lowest BCUT2D eigenvalue weighted by molar-refractivity contribution is 0.102. The Morgan fingerprint density at radius 2 is 1.85 bits per heavy atom. The van der Waals surface area contributed by atoms with Gasteiger partial charge in [-0.2, -0.15) is 0 Å². The third-order valence-corrected chi connectivity index (χ3v) is 4.80. The Balaban J connectivity index is 1.51. The maximum absolute atomic E-state index is 12.5. The van der Waals surface area contributed by atoms with E-state index in [0.29, 0.717) is 38.7 Å². The molecule has 0 aliphatic carbocycles. The Morgan fingerprint density at radius 3 is 2.67 bits per heavy atom. The van der Waals surface area contributed by atoms with Gasteiger partial charge < -0.3 is 18.9 Å². The number of ether oxygens (including phenoxy) is 4. The Bertz CT molecular complexity index is 1000. The summed E-state index contributed by atoms with van der Waals surface area (Å²) in [7, 11) is 3.05. The monoisotopic (exact) mass is 385 g/mol. The quantitative estimate of drug-likeness (QED) is 0.721. The van der Waals surface area contributed by atoms with Crippen LogP contribution in [-0.2, 0) is 0 Å². The minimum Gasteiger partial charge on any atom is -0.493 e. The van der Waals surface area contributed by atoms with E-state index in [-0.39, 0.29) is 12.7 Å². The first-order chi connectivity index (χ1) is 13.2. The third kappa shape index (κ3) is 3.36. The lowest BCUT2D eigenvalue weighted by atomic mass is 10.2. The van der Waals surface area contributed by atoms with Crippen molar-refractivity contribution in [1.29, 1.82) is 0 Å². The van der Waals surface area contributed by atoms with Crippen LogP contribution in [0.15, 0.2) is 36.4 Å². The largest absolute Gasteiger partial charge is 0.493 e. The maximum Gasteiger partial charge on any atom is 0.257 e. The van der Waals surface area contributed by atoms with Gasteiger partial charge in [-0.05, 0) is 36.4 Å². The summed E-state index contributed by atoms with van der Waals surface area (Å²) in [6.45, 7) is 0.210. The van der Waals surface area contributed by atoms with E-state index in [4.69, 9.17) is 18.9 Å². The topological polar surface area (TPSA) is 91.8 Å². The van der Waals surface area contributed by atoms with Gasteiger partial charge in [-0.1, -0.05) is 11.3 Å². The highest BCUT2D eigenvalue weighted by molar-refractivity contribution is 7.18. The summed E-state index contributed by atoms with van der Waals surface area (Å²) >= 11 is 1.27. The van der Waals surface area contributed by atoms with Crippen molar-refractivity contribution in [1.82, 2.24) is 10.2 Å². The molecule has 0 unspecified atom stereocenters. The standard InChI is InChI=1S/C18H15N3O5S/c1-23-12-5-3-10(7-14(12)24-2)16(22)19-18-21-20-17(27-18)11-4-6-13-15(8-11)26-9-25-13/h3-8H,9H2,1-2H3,(H,19,21,22). The molecule has 1 amide bonds. The summed E-state index contributed by atoms with van der Waals surface area (Å²) in [5, 5.41) is 12.0. The molecule has 27 heavy (non-hydrogen) atoms. The van der Waals surface area contributed by atoms with Crippen molar-refractivity contribution >= 4 is 22.4 Å². The number of rotatable bonds is 5. The van der Waals surface area contributed by atoms with Crippen LogP contribution in [0.2, 0.25) is 0 Å². The number of benzene rings is 2. The van der Waals surface area contributed by atoms with Crippen LogP contribution in [-0.4, -0.2) is 37.1 Å². The average Bonchev–Trinajstić information content (AvgIpc) is 3.35. The van der Waals surface area contributed by atoms with Crippen LogP contribution in [0.3, 0.4) is 0 Å². The van der Waals surface area contributed by atoms with Gasteiger partial charge in [0.05, 0.1) is 14.2 Å². The first kappa shape index (κ1) is 17.1. The number of nitrogens with zero attached hydrogens (tertiary/aromatic N) is 2. The van der Waals surface area contributed by atoms with Crippen molar-refractivity contribution in [2.24, 2.45) is 0 Å². The molecule has 0 saturated carbocycles. The highest BCUT2D eigenvalue weighted by Gasteiger charge is 2.17. The van der Waals surface area contributed by atoms with Crippen LogP contribution in [0.5, 0.6) is 23.0 Å². The van der Waals surface area contributed by atoms with Gasteiger partial charge in [0.2, 0.25) is 11.9 Å². The summed E-state index contributed by atoms with van der Waals surface area (Å²) in [5.41, 5.74) is 1.26. The number of methoxy groups -OCH3 is 2. The van der Waals surface area contributed by atoms with Crippen molar-refractivity contribution in [2.75, 3.05) is 26.3 Å². The van der Waals surface area contributed by atoms with E-state index in [2.05, 4.69) is 15.5 Å². The second kappa shape index (κ2) is 7.12. The normalized spacial score (nSPS) is 11.9. The zero-order valence-electron chi connectivity index (χ0n) is 14.5. The van der Waals surface area contributed by atoms with Crippen molar-refractivity contribution in [2.45, 2.75) is 0 Å². The van der Waals surface area contributed by atoms with E-state index >= 15 is 0 Å². The van der Waals surface area contributed by atoms with Crippen LogP contribution in [0.1, 0.15) is 10.4 Å². The van der Waals surface area contributed by atoms with Crippen LogP contribution in [0.4, 0.5) is 5.13 Å². The first-order valence-electron chi connectivity index (χ1n) is 7.95. The molecule has 1 aliphatic heterocycles. The molecule has 2 aromatic carbocycles. The number of hydrogen-bond donors (Lipinski definition) is 1. The number of amides is 1. The molecule has 0 atom stereocenters. The second-order valence-corrected chi connectivity index (χ2v) is 6.48. The van der Waals surface area contributed by atoms with Gasteiger partial charge in [0.15, 0.2) is 23.0 Å². The first-order valence-corrected chi connectivity index (χ1v) is 8.76. The summed E-state index contributed by atoms with van der Waals surface area (Å²) in [6, 6.07) is 10.5. The zero-order valence-corrected chi connectivity index (χ0v) is 15.3. The number of hydrogen-bond acceptors (Lipinski definition) is 8. The van der Waals surface area contributed by atoms with Crippen molar-refractivity contribution in [3.8, 4) is 33.6 Å².